The van der Waals surface area contributed by atoms with Crippen LogP contribution in [0.15, 0.2) is 53.3 Å². The molecule has 150 valence electrons. The topological polar surface area (TPSA) is 90.1 Å². The van der Waals surface area contributed by atoms with E-state index in [9.17, 15) is 4.79 Å². The Bertz CT molecular complexity index is 934. The van der Waals surface area contributed by atoms with Crippen molar-refractivity contribution < 1.29 is 14.1 Å². The van der Waals surface area contributed by atoms with E-state index in [2.05, 4.69) is 20.4 Å². The molecule has 2 heterocycles. The Morgan fingerprint density at radius 1 is 1.24 bits per heavy atom. The number of hydrogen-bond donors (Lipinski definition) is 1. The van der Waals surface area contributed by atoms with Crippen molar-refractivity contribution in [3.05, 3.63) is 60.2 Å². The molecule has 7 nitrogen and oxygen atoms in total. The fraction of sp³-hybridized carbons (Fsp3) is 0.364. The van der Waals surface area contributed by atoms with Crippen LogP contribution in [0.1, 0.15) is 50.1 Å². The average molecular weight is 392 g/mol. The predicted octanol–water partition coefficient (Wildman–Crippen LogP) is 4.08. The lowest BCUT2D eigenvalue weighted by Crippen LogP contribution is -2.31. The third-order valence-electron chi connectivity index (χ3n) is 5.18. The minimum atomic E-state index is -0.224. The molecular formula is C22H24N4O3. The zero-order valence-electron chi connectivity index (χ0n) is 16.4. The van der Waals surface area contributed by atoms with Gasteiger partial charge < -0.3 is 14.6 Å². The zero-order chi connectivity index (χ0) is 20.1. The van der Waals surface area contributed by atoms with E-state index in [0.29, 0.717) is 24.2 Å². The van der Waals surface area contributed by atoms with E-state index in [-0.39, 0.29) is 11.9 Å². The van der Waals surface area contributed by atoms with E-state index in [4.69, 9.17) is 9.26 Å². The summed E-state index contributed by atoms with van der Waals surface area (Å²) < 4.78 is 11.3. The molecule has 4 rings (SSSR count). The van der Waals surface area contributed by atoms with Crippen LogP contribution in [0.2, 0.25) is 0 Å². The summed E-state index contributed by atoms with van der Waals surface area (Å²) in [6.45, 7) is 1.97. The quantitative estimate of drug-likeness (QED) is 0.652. The normalized spacial score (nSPS) is 15.2. The molecule has 1 atom stereocenters. The summed E-state index contributed by atoms with van der Waals surface area (Å²) in [7, 11) is 0. The lowest BCUT2D eigenvalue weighted by molar-refractivity contribution is -0.120. The Labute approximate surface area is 169 Å². The van der Waals surface area contributed by atoms with Crippen molar-refractivity contribution in [1.82, 2.24) is 20.4 Å². The molecular weight excluding hydrogens is 368 g/mol. The molecule has 1 aliphatic carbocycles. The predicted molar refractivity (Wildman–Crippen MR) is 107 cm³/mol. The molecule has 1 amide bonds. The Morgan fingerprint density at radius 2 is 2.03 bits per heavy atom. The molecule has 29 heavy (non-hydrogen) atoms. The molecule has 7 heteroatoms. The summed E-state index contributed by atoms with van der Waals surface area (Å²) in [6.07, 6.45) is 7.98. The van der Waals surface area contributed by atoms with Gasteiger partial charge in [-0.2, -0.15) is 4.98 Å². The van der Waals surface area contributed by atoms with Crippen LogP contribution in [0.5, 0.6) is 5.75 Å². The highest BCUT2D eigenvalue weighted by atomic mass is 16.5. The molecule has 0 aliphatic heterocycles. The van der Waals surface area contributed by atoms with Crippen LogP contribution in [0.4, 0.5) is 0 Å². The summed E-state index contributed by atoms with van der Waals surface area (Å²) >= 11 is 0. The smallest absolute Gasteiger partial charge is 0.249 e. The first-order valence-corrected chi connectivity index (χ1v) is 9.92. The lowest BCUT2D eigenvalue weighted by Gasteiger charge is -2.20. The second kappa shape index (κ2) is 8.86. The van der Waals surface area contributed by atoms with E-state index in [1.54, 1.807) is 12.4 Å². The van der Waals surface area contributed by atoms with Gasteiger partial charge in [0.1, 0.15) is 18.4 Å². The number of ether oxygens (including phenoxy) is 1. The number of pyridine rings is 1. The highest BCUT2D eigenvalue weighted by molar-refractivity contribution is 5.73. The molecule has 0 bridgehead atoms. The largest absolute Gasteiger partial charge is 0.489 e. The molecule has 1 N–H and O–H groups in total. The third-order valence-corrected chi connectivity index (χ3v) is 5.18. The SMILES string of the molecule is CC(=O)NC(c1nc(-c2ccc(OCc3cccnc3)cc2)no1)C1CCCC1. The number of nitrogens with zero attached hydrogens (tertiary/aromatic N) is 3. The second-order valence-electron chi connectivity index (χ2n) is 7.35. The molecule has 3 aromatic rings. The van der Waals surface area contributed by atoms with Gasteiger partial charge in [-0.1, -0.05) is 24.1 Å². The number of nitrogens with one attached hydrogen (secondary N) is 1. The zero-order valence-corrected chi connectivity index (χ0v) is 16.4. The summed E-state index contributed by atoms with van der Waals surface area (Å²) in [6, 6.07) is 11.2. The molecule has 0 radical (unpaired) electrons. The number of carbonyl (C=O) groups is 1. The van der Waals surface area contributed by atoms with E-state index >= 15 is 0 Å². The third kappa shape index (κ3) is 4.80. The van der Waals surface area contributed by atoms with Crippen LogP contribution >= 0.6 is 0 Å². The number of amides is 1. The molecule has 1 aromatic carbocycles. The van der Waals surface area contributed by atoms with Crippen LogP contribution in [-0.2, 0) is 11.4 Å². The second-order valence-corrected chi connectivity index (χ2v) is 7.35. The Morgan fingerprint density at radius 3 is 2.72 bits per heavy atom. The Kier molecular flexibility index (Phi) is 5.84. The van der Waals surface area contributed by atoms with Crippen LogP contribution in [0.3, 0.4) is 0 Å². The van der Waals surface area contributed by atoms with Crippen molar-refractivity contribution in [3.63, 3.8) is 0 Å². The molecule has 1 aliphatic rings. The first kappa shape index (κ1) is 19.1. The summed E-state index contributed by atoms with van der Waals surface area (Å²) in [5.74, 6) is 1.99. The van der Waals surface area contributed by atoms with E-state index in [1.165, 1.54) is 19.8 Å². The standard InChI is InChI=1S/C22H24N4O3/c1-15(27)24-20(17-6-2-3-7-17)22-25-21(26-29-22)18-8-10-19(11-9-18)28-14-16-5-4-12-23-13-16/h4-5,8-13,17,20H,2-3,6-7,14H2,1H3,(H,24,27). The average Bonchev–Trinajstić information content (AvgIpc) is 3.44. The highest BCUT2D eigenvalue weighted by Gasteiger charge is 2.31. The Balaban J connectivity index is 1.44. The van der Waals surface area contributed by atoms with Gasteiger partial charge in [-0.15, -0.1) is 0 Å². The fourth-order valence-electron chi connectivity index (χ4n) is 3.72. The van der Waals surface area contributed by atoms with Gasteiger partial charge in [-0.05, 0) is 49.1 Å². The number of hydrogen-bond acceptors (Lipinski definition) is 6. The van der Waals surface area contributed by atoms with Gasteiger partial charge in [0.15, 0.2) is 0 Å². The van der Waals surface area contributed by atoms with Gasteiger partial charge in [-0.3, -0.25) is 9.78 Å². The van der Waals surface area contributed by atoms with Crippen molar-refractivity contribution in [3.8, 4) is 17.1 Å². The van der Waals surface area contributed by atoms with E-state index in [1.807, 2.05) is 36.4 Å². The van der Waals surface area contributed by atoms with E-state index in [0.717, 1.165) is 29.7 Å². The van der Waals surface area contributed by atoms with Gasteiger partial charge in [-0.25, -0.2) is 0 Å². The van der Waals surface area contributed by atoms with Gasteiger partial charge in [0.2, 0.25) is 17.6 Å². The van der Waals surface area contributed by atoms with Crippen molar-refractivity contribution in [1.29, 1.82) is 0 Å². The molecule has 1 saturated carbocycles. The summed E-state index contributed by atoms with van der Waals surface area (Å²) in [4.78, 5) is 20.3. The fourth-order valence-corrected chi connectivity index (χ4v) is 3.72. The molecule has 0 saturated heterocycles. The van der Waals surface area contributed by atoms with Crippen LogP contribution in [-0.4, -0.2) is 21.0 Å². The van der Waals surface area contributed by atoms with Gasteiger partial charge >= 0.3 is 0 Å². The maximum absolute atomic E-state index is 11.6. The Hall–Kier alpha value is -3.22. The highest BCUT2D eigenvalue weighted by Crippen LogP contribution is 2.35. The van der Waals surface area contributed by atoms with Crippen molar-refractivity contribution in [2.75, 3.05) is 0 Å². The van der Waals surface area contributed by atoms with Gasteiger partial charge in [0.25, 0.3) is 0 Å². The molecule has 1 fully saturated rings. The van der Waals surface area contributed by atoms with Crippen LogP contribution in [0, 0.1) is 5.92 Å². The van der Waals surface area contributed by atoms with Crippen LogP contribution in [0.25, 0.3) is 11.4 Å². The summed E-state index contributed by atoms with van der Waals surface area (Å²) in [5.41, 5.74) is 1.84. The molecule has 0 spiro atoms. The minimum Gasteiger partial charge on any atom is -0.489 e. The summed E-state index contributed by atoms with van der Waals surface area (Å²) in [5, 5.41) is 7.11. The molecule has 2 aromatic heterocycles. The van der Waals surface area contributed by atoms with E-state index < -0.39 is 0 Å². The number of carbonyl (C=O) groups excluding carboxylic acids is 1. The number of benzene rings is 1. The number of rotatable bonds is 7. The minimum absolute atomic E-state index is 0.0863. The van der Waals surface area contributed by atoms with Gasteiger partial charge in [0.05, 0.1) is 0 Å². The van der Waals surface area contributed by atoms with Crippen molar-refractivity contribution >= 4 is 5.91 Å². The lowest BCUT2D eigenvalue weighted by atomic mass is 9.98. The first-order chi connectivity index (χ1) is 14.2. The molecule has 1 unspecified atom stereocenters. The monoisotopic (exact) mass is 392 g/mol. The number of aromatic nitrogens is 3. The maximum atomic E-state index is 11.6. The maximum Gasteiger partial charge on any atom is 0.249 e. The van der Waals surface area contributed by atoms with Crippen molar-refractivity contribution in [2.45, 2.75) is 45.3 Å². The first-order valence-electron chi connectivity index (χ1n) is 9.92. The van der Waals surface area contributed by atoms with Crippen LogP contribution < -0.4 is 10.1 Å². The van der Waals surface area contributed by atoms with Crippen molar-refractivity contribution in [2.24, 2.45) is 5.92 Å². The van der Waals surface area contributed by atoms with Gasteiger partial charge in [0, 0.05) is 30.4 Å².